The zero-order valence-electron chi connectivity index (χ0n) is 7.51. The standard InChI is InChI=1S/C10H8BrIOS/c1-13-7-2-3-8-9(10(7)12)6(4-11)5-14-8/h2-3,5H,4H2,1H3. The molecule has 0 amide bonds. The van der Waals surface area contributed by atoms with Crippen LogP contribution in [0.2, 0.25) is 0 Å². The van der Waals surface area contributed by atoms with E-state index in [4.69, 9.17) is 4.74 Å². The largest absolute Gasteiger partial charge is 0.496 e. The smallest absolute Gasteiger partial charge is 0.132 e. The minimum atomic E-state index is 0.899. The fourth-order valence-corrected chi connectivity index (χ4v) is 4.23. The van der Waals surface area contributed by atoms with Gasteiger partial charge in [0.25, 0.3) is 0 Å². The number of ether oxygens (including phenoxy) is 1. The Kier molecular flexibility index (Phi) is 3.34. The number of methoxy groups -OCH3 is 1. The molecule has 14 heavy (non-hydrogen) atoms. The molecule has 0 fully saturated rings. The van der Waals surface area contributed by atoms with Gasteiger partial charge in [-0.1, -0.05) is 15.9 Å². The number of benzene rings is 1. The molecule has 0 radical (unpaired) electrons. The third kappa shape index (κ3) is 1.67. The lowest BCUT2D eigenvalue weighted by Crippen LogP contribution is -1.87. The zero-order valence-corrected chi connectivity index (χ0v) is 12.1. The summed E-state index contributed by atoms with van der Waals surface area (Å²) in [6.45, 7) is 0. The topological polar surface area (TPSA) is 9.23 Å². The average molecular weight is 383 g/mol. The van der Waals surface area contributed by atoms with E-state index < -0.39 is 0 Å². The lowest BCUT2D eigenvalue weighted by atomic mass is 10.2. The molecule has 0 unspecified atom stereocenters. The molecular weight excluding hydrogens is 375 g/mol. The van der Waals surface area contributed by atoms with Gasteiger partial charge in [0.2, 0.25) is 0 Å². The first-order valence-electron chi connectivity index (χ1n) is 4.06. The lowest BCUT2D eigenvalue weighted by molar-refractivity contribution is 0.412. The van der Waals surface area contributed by atoms with Crippen molar-refractivity contribution in [1.82, 2.24) is 0 Å². The second-order valence-electron chi connectivity index (χ2n) is 2.85. The van der Waals surface area contributed by atoms with Crippen molar-refractivity contribution in [1.29, 1.82) is 0 Å². The summed E-state index contributed by atoms with van der Waals surface area (Å²) < 4.78 is 7.83. The van der Waals surface area contributed by atoms with Gasteiger partial charge in [-0.05, 0) is 45.7 Å². The summed E-state index contributed by atoms with van der Waals surface area (Å²) >= 11 is 7.63. The molecule has 0 saturated heterocycles. The summed E-state index contributed by atoms with van der Waals surface area (Å²) in [5, 5.41) is 4.42. The summed E-state index contributed by atoms with van der Waals surface area (Å²) in [4.78, 5) is 0. The molecule has 0 aliphatic carbocycles. The van der Waals surface area contributed by atoms with E-state index in [1.165, 1.54) is 19.2 Å². The van der Waals surface area contributed by atoms with Gasteiger partial charge in [-0.25, -0.2) is 0 Å². The number of thiophene rings is 1. The second kappa shape index (κ2) is 4.37. The summed E-state index contributed by atoms with van der Waals surface area (Å²) in [6.07, 6.45) is 0. The van der Waals surface area contributed by atoms with Crippen molar-refractivity contribution in [2.75, 3.05) is 7.11 Å². The molecule has 0 N–H and O–H groups in total. The predicted molar refractivity (Wildman–Crippen MR) is 73.7 cm³/mol. The van der Waals surface area contributed by atoms with Crippen molar-refractivity contribution in [3.63, 3.8) is 0 Å². The van der Waals surface area contributed by atoms with Crippen LogP contribution in [0.4, 0.5) is 0 Å². The van der Waals surface area contributed by atoms with E-state index >= 15 is 0 Å². The monoisotopic (exact) mass is 382 g/mol. The van der Waals surface area contributed by atoms with Crippen LogP contribution in [0, 0.1) is 3.57 Å². The Balaban J connectivity index is 2.77. The van der Waals surface area contributed by atoms with Gasteiger partial charge in [0.15, 0.2) is 0 Å². The molecule has 1 aromatic carbocycles. The zero-order chi connectivity index (χ0) is 10.1. The molecule has 1 aromatic heterocycles. The quantitative estimate of drug-likeness (QED) is 0.552. The van der Waals surface area contributed by atoms with Crippen molar-refractivity contribution in [2.45, 2.75) is 5.33 Å². The fourth-order valence-electron chi connectivity index (χ4n) is 1.39. The molecule has 0 spiro atoms. The highest BCUT2D eigenvalue weighted by Gasteiger charge is 2.10. The predicted octanol–water partition coefficient (Wildman–Crippen LogP) is 4.41. The molecule has 74 valence electrons. The van der Waals surface area contributed by atoms with Gasteiger partial charge in [0.1, 0.15) is 5.75 Å². The number of hydrogen-bond acceptors (Lipinski definition) is 2. The Morgan fingerprint density at radius 1 is 1.50 bits per heavy atom. The van der Waals surface area contributed by atoms with Crippen molar-refractivity contribution in [2.24, 2.45) is 0 Å². The van der Waals surface area contributed by atoms with E-state index in [1.807, 2.05) is 6.07 Å². The second-order valence-corrected chi connectivity index (χ2v) is 5.40. The average Bonchev–Trinajstić information content (AvgIpc) is 2.62. The van der Waals surface area contributed by atoms with Crippen LogP contribution in [0.15, 0.2) is 17.5 Å². The molecule has 2 aromatic rings. The highest BCUT2D eigenvalue weighted by Crippen LogP contribution is 2.36. The number of fused-ring (bicyclic) bond motifs is 1. The van der Waals surface area contributed by atoms with Crippen LogP contribution in [0.1, 0.15) is 5.56 Å². The lowest BCUT2D eigenvalue weighted by Gasteiger charge is -2.04. The molecule has 2 rings (SSSR count). The first kappa shape index (κ1) is 10.7. The maximum absolute atomic E-state index is 5.30. The normalized spacial score (nSPS) is 10.8. The number of halogens is 2. The number of alkyl halides is 1. The molecule has 0 saturated carbocycles. The van der Waals surface area contributed by atoms with Crippen molar-refractivity contribution < 1.29 is 4.74 Å². The van der Waals surface area contributed by atoms with Crippen LogP contribution in [0.5, 0.6) is 5.75 Å². The molecule has 0 aliphatic heterocycles. The molecule has 0 aliphatic rings. The van der Waals surface area contributed by atoms with E-state index in [2.05, 4.69) is 50.0 Å². The number of hydrogen-bond donors (Lipinski definition) is 0. The minimum absolute atomic E-state index is 0.899. The van der Waals surface area contributed by atoms with E-state index in [0.717, 1.165) is 11.1 Å². The molecule has 1 heterocycles. The van der Waals surface area contributed by atoms with E-state index in [-0.39, 0.29) is 0 Å². The van der Waals surface area contributed by atoms with Crippen LogP contribution in [0.25, 0.3) is 10.1 Å². The van der Waals surface area contributed by atoms with Crippen molar-refractivity contribution in [3.05, 3.63) is 26.6 Å². The molecule has 1 nitrogen and oxygen atoms in total. The SMILES string of the molecule is COc1ccc2scc(CBr)c2c1I. The van der Waals surface area contributed by atoms with Gasteiger partial charge in [-0.3, -0.25) is 0 Å². The van der Waals surface area contributed by atoms with Gasteiger partial charge in [0, 0.05) is 15.4 Å². The third-order valence-corrected chi connectivity index (χ3v) is 4.75. The van der Waals surface area contributed by atoms with Crippen molar-refractivity contribution >= 4 is 59.9 Å². The Labute approximate surface area is 109 Å². The van der Waals surface area contributed by atoms with Crippen LogP contribution < -0.4 is 4.74 Å². The first-order valence-corrected chi connectivity index (χ1v) is 7.14. The Morgan fingerprint density at radius 2 is 2.29 bits per heavy atom. The molecular formula is C10H8BrIOS. The van der Waals surface area contributed by atoms with Gasteiger partial charge < -0.3 is 4.74 Å². The minimum Gasteiger partial charge on any atom is -0.496 e. The van der Waals surface area contributed by atoms with Crippen LogP contribution in [-0.2, 0) is 5.33 Å². The van der Waals surface area contributed by atoms with E-state index in [9.17, 15) is 0 Å². The van der Waals surface area contributed by atoms with Gasteiger partial charge >= 0.3 is 0 Å². The van der Waals surface area contributed by atoms with E-state index in [1.54, 1.807) is 18.4 Å². The highest BCUT2D eigenvalue weighted by atomic mass is 127. The summed E-state index contributed by atoms with van der Waals surface area (Å²) in [7, 11) is 1.71. The summed E-state index contributed by atoms with van der Waals surface area (Å²) in [5.74, 6) is 0.957. The Morgan fingerprint density at radius 3 is 2.93 bits per heavy atom. The maximum Gasteiger partial charge on any atom is 0.132 e. The van der Waals surface area contributed by atoms with E-state index in [0.29, 0.717) is 0 Å². The van der Waals surface area contributed by atoms with Gasteiger partial charge in [-0.2, -0.15) is 0 Å². The fraction of sp³-hybridized carbons (Fsp3) is 0.200. The molecule has 0 atom stereocenters. The first-order chi connectivity index (χ1) is 6.77. The number of rotatable bonds is 2. The Bertz CT molecular complexity index is 466. The van der Waals surface area contributed by atoms with Crippen LogP contribution in [-0.4, -0.2) is 7.11 Å². The maximum atomic E-state index is 5.30. The molecule has 4 heteroatoms. The third-order valence-electron chi connectivity index (χ3n) is 2.08. The summed E-state index contributed by atoms with van der Waals surface area (Å²) in [5.41, 5.74) is 1.34. The Hall–Kier alpha value is 0.190. The van der Waals surface area contributed by atoms with Crippen molar-refractivity contribution in [3.8, 4) is 5.75 Å². The van der Waals surface area contributed by atoms with Crippen LogP contribution in [0.3, 0.4) is 0 Å². The summed E-state index contributed by atoms with van der Waals surface area (Å²) in [6, 6.07) is 4.14. The molecule has 0 bridgehead atoms. The highest BCUT2D eigenvalue weighted by molar-refractivity contribution is 14.1. The van der Waals surface area contributed by atoms with Crippen LogP contribution >= 0.6 is 49.9 Å². The van der Waals surface area contributed by atoms with Gasteiger partial charge in [0.05, 0.1) is 10.7 Å². The van der Waals surface area contributed by atoms with Gasteiger partial charge in [-0.15, -0.1) is 11.3 Å².